The number of hydrogen-bond donors (Lipinski definition) is 0. The van der Waals surface area contributed by atoms with Crippen molar-refractivity contribution in [3.63, 3.8) is 0 Å². The summed E-state index contributed by atoms with van der Waals surface area (Å²) >= 11 is 0. The molecule has 0 aliphatic carbocycles. The number of pyridine rings is 1. The van der Waals surface area contributed by atoms with Crippen molar-refractivity contribution in [2.75, 3.05) is 0 Å². The van der Waals surface area contributed by atoms with Gasteiger partial charge < -0.3 is 0 Å². The Bertz CT molecular complexity index is 2080. The van der Waals surface area contributed by atoms with E-state index in [2.05, 4.69) is 136 Å². The zero-order chi connectivity index (χ0) is 23.6. The summed E-state index contributed by atoms with van der Waals surface area (Å²) in [5, 5.41) is 4.79. The number of benzene rings is 5. The van der Waals surface area contributed by atoms with E-state index in [9.17, 15) is 0 Å². The van der Waals surface area contributed by atoms with Crippen molar-refractivity contribution in [2.24, 2.45) is 0 Å². The fourth-order valence-corrected chi connectivity index (χ4v) is 5.79. The van der Waals surface area contributed by atoms with Crippen molar-refractivity contribution in [1.29, 1.82) is 0 Å². The van der Waals surface area contributed by atoms with E-state index in [4.69, 9.17) is 4.98 Å². The predicted molar refractivity (Wildman–Crippen MR) is 150 cm³/mol. The minimum Gasteiger partial charge on any atom is -0.294 e. The minimum atomic E-state index is 0.990. The zero-order valence-corrected chi connectivity index (χ0v) is 19.5. The molecule has 3 aromatic heterocycles. The van der Waals surface area contributed by atoms with Crippen LogP contribution < -0.4 is 0 Å². The van der Waals surface area contributed by atoms with Crippen molar-refractivity contribution in [3.8, 4) is 16.8 Å². The second-order valence-corrected chi connectivity index (χ2v) is 9.24. The van der Waals surface area contributed by atoms with Crippen LogP contribution >= 0.6 is 0 Å². The molecule has 0 atom stereocenters. The van der Waals surface area contributed by atoms with Crippen LogP contribution in [-0.4, -0.2) is 14.0 Å². The lowest BCUT2D eigenvalue weighted by atomic mass is 9.96. The van der Waals surface area contributed by atoms with E-state index in [1.807, 2.05) is 0 Å². The van der Waals surface area contributed by atoms with E-state index in [1.165, 1.54) is 21.9 Å². The van der Waals surface area contributed by atoms with E-state index in [0.717, 1.165) is 44.3 Å². The van der Waals surface area contributed by atoms with E-state index in [1.54, 1.807) is 0 Å². The standard InChI is InChI=1S/C33H21N3/c1-3-12-22(13-4-1)24-19-11-21-29-30(24)25-16-7-8-17-26(25)32-34-31-27-18-9-10-20-28(27)35(33(31)36(29)32)23-14-5-2-6-15-23/h1-21H. The van der Waals surface area contributed by atoms with Gasteiger partial charge in [-0.2, -0.15) is 0 Å². The molecule has 3 heteroatoms. The molecular weight excluding hydrogens is 438 g/mol. The van der Waals surface area contributed by atoms with Crippen LogP contribution in [-0.2, 0) is 0 Å². The number of para-hydroxylation sites is 2. The average molecular weight is 460 g/mol. The highest BCUT2D eigenvalue weighted by molar-refractivity contribution is 6.20. The lowest BCUT2D eigenvalue weighted by Gasteiger charge is -2.15. The van der Waals surface area contributed by atoms with Crippen LogP contribution in [0.2, 0.25) is 0 Å². The van der Waals surface area contributed by atoms with E-state index < -0.39 is 0 Å². The van der Waals surface area contributed by atoms with Gasteiger partial charge in [0.15, 0.2) is 5.65 Å². The number of nitrogens with zero attached hydrogens (tertiary/aromatic N) is 3. The van der Waals surface area contributed by atoms with Crippen molar-refractivity contribution in [2.45, 2.75) is 0 Å². The molecule has 0 amide bonds. The van der Waals surface area contributed by atoms with Gasteiger partial charge in [-0.05, 0) is 40.8 Å². The van der Waals surface area contributed by atoms with Gasteiger partial charge in [0.05, 0.1) is 11.0 Å². The number of hydrogen-bond acceptors (Lipinski definition) is 1. The lowest BCUT2D eigenvalue weighted by molar-refractivity contribution is 1.12. The fourth-order valence-electron chi connectivity index (χ4n) is 5.79. The van der Waals surface area contributed by atoms with E-state index in [-0.39, 0.29) is 0 Å². The molecule has 0 fully saturated rings. The first-order chi connectivity index (χ1) is 17.9. The van der Waals surface area contributed by atoms with Gasteiger partial charge in [-0.1, -0.05) is 103 Å². The van der Waals surface area contributed by atoms with Crippen molar-refractivity contribution in [1.82, 2.24) is 14.0 Å². The van der Waals surface area contributed by atoms with Crippen LogP contribution in [0.4, 0.5) is 0 Å². The third-order valence-corrected chi connectivity index (χ3v) is 7.28. The van der Waals surface area contributed by atoms with Gasteiger partial charge in [0.1, 0.15) is 11.2 Å². The summed E-state index contributed by atoms with van der Waals surface area (Å²) in [7, 11) is 0. The first-order valence-corrected chi connectivity index (χ1v) is 12.3. The largest absolute Gasteiger partial charge is 0.294 e. The zero-order valence-electron chi connectivity index (χ0n) is 19.5. The molecule has 168 valence electrons. The van der Waals surface area contributed by atoms with Crippen LogP contribution in [0.15, 0.2) is 127 Å². The van der Waals surface area contributed by atoms with Crippen molar-refractivity contribution < 1.29 is 0 Å². The van der Waals surface area contributed by atoms with Gasteiger partial charge in [0.25, 0.3) is 0 Å². The van der Waals surface area contributed by atoms with Crippen molar-refractivity contribution in [3.05, 3.63) is 127 Å². The maximum Gasteiger partial charge on any atom is 0.151 e. The van der Waals surface area contributed by atoms with E-state index >= 15 is 0 Å². The number of imidazole rings is 1. The molecule has 0 aliphatic heterocycles. The Labute approximate surface area is 207 Å². The highest BCUT2D eigenvalue weighted by atomic mass is 15.2. The van der Waals surface area contributed by atoms with Crippen LogP contribution in [0.1, 0.15) is 0 Å². The Kier molecular flexibility index (Phi) is 3.94. The number of aromatic nitrogens is 3. The minimum absolute atomic E-state index is 0.990. The summed E-state index contributed by atoms with van der Waals surface area (Å²) in [6, 6.07) is 45.2. The molecule has 3 nitrogen and oxygen atoms in total. The van der Waals surface area contributed by atoms with Gasteiger partial charge >= 0.3 is 0 Å². The predicted octanol–water partition coefficient (Wildman–Crippen LogP) is 8.40. The molecule has 0 aliphatic rings. The summed E-state index contributed by atoms with van der Waals surface area (Å²) in [4.78, 5) is 5.31. The molecule has 0 saturated carbocycles. The van der Waals surface area contributed by atoms with Gasteiger partial charge in [-0.15, -0.1) is 0 Å². The van der Waals surface area contributed by atoms with Crippen LogP contribution in [0, 0.1) is 0 Å². The second-order valence-electron chi connectivity index (χ2n) is 9.24. The molecule has 5 aromatic carbocycles. The molecule has 36 heavy (non-hydrogen) atoms. The summed E-state index contributed by atoms with van der Waals surface area (Å²) in [5.74, 6) is 0. The maximum atomic E-state index is 5.31. The molecule has 0 N–H and O–H groups in total. The Hall–Kier alpha value is -4.89. The molecule has 0 radical (unpaired) electrons. The molecule has 8 rings (SSSR count). The van der Waals surface area contributed by atoms with Gasteiger partial charge in [-0.3, -0.25) is 8.97 Å². The normalized spacial score (nSPS) is 11.9. The summed E-state index contributed by atoms with van der Waals surface area (Å²) < 4.78 is 4.72. The highest BCUT2D eigenvalue weighted by Gasteiger charge is 2.22. The first kappa shape index (κ1) is 19.4. The quantitative estimate of drug-likeness (QED) is 0.238. The van der Waals surface area contributed by atoms with E-state index in [0.29, 0.717) is 0 Å². The molecule has 3 heterocycles. The molecular formula is C33H21N3. The van der Waals surface area contributed by atoms with Gasteiger partial charge in [0.2, 0.25) is 0 Å². The molecule has 8 aromatic rings. The van der Waals surface area contributed by atoms with Gasteiger partial charge in [0, 0.05) is 21.8 Å². The smallest absolute Gasteiger partial charge is 0.151 e. The summed E-state index contributed by atoms with van der Waals surface area (Å²) in [6.45, 7) is 0. The fraction of sp³-hybridized carbons (Fsp3) is 0. The van der Waals surface area contributed by atoms with Crippen molar-refractivity contribution >= 4 is 49.4 Å². The van der Waals surface area contributed by atoms with Crippen LogP contribution in [0.25, 0.3) is 66.2 Å². The molecule has 0 bridgehead atoms. The monoisotopic (exact) mass is 459 g/mol. The number of fused-ring (bicyclic) bond motifs is 10. The third kappa shape index (κ3) is 2.54. The summed E-state index contributed by atoms with van der Waals surface area (Å²) in [5.41, 5.74) is 9.01. The SMILES string of the molecule is c1ccc(-c2cccc3c2c2ccccc2c2nc4c5ccccc5n(-c5ccccc5)c4n32)cc1. The first-order valence-electron chi connectivity index (χ1n) is 12.3. The van der Waals surface area contributed by atoms with Gasteiger partial charge in [-0.25, -0.2) is 4.98 Å². The molecule has 0 saturated heterocycles. The summed E-state index contributed by atoms with van der Waals surface area (Å²) in [6.07, 6.45) is 0. The average Bonchev–Trinajstić information content (AvgIpc) is 3.49. The topological polar surface area (TPSA) is 22.2 Å². The Morgan fingerprint density at radius 2 is 1.14 bits per heavy atom. The van der Waals surface area contributed by atoms with Crippen LogP contribution in [0.5, 0.6) is 0 Å². The maximum absolute atomic E-state index is 5.31. The Morgan fingerprint density at radius 3 is 1.94 bits per heavy atom. The Morgan fingerprint density at radius 1 is 0.500 bits per heavy atom. The Balaban J connectivity index is 1.68. The molecule has 0 unspecified atom stereocenters. The third-order valence-electron chi connectivity index (χ3n) is 7.28. The van der Waals surface area contributed by atoms with Crippen LogP contribution in [0.3, 0.4) is 0 Å². The number of rotatable bonds is 2. The lowest BCUT2D eigenvalue weighted by Crippen LogP contribution is -1.99. The highest BCUT2D eigenvalue weighted by Crippen LogP contribution is 2.40. The second kappa shape index (κ2) is 7.30. The molecule has 0 spiro atoms.